The highest BCUT2D eigenvalue weighted by Crippen LogP contribution is 2.27. The van der Waals surface area contributed by atoms with E-state index >= 15 is 0 Å². The van der Waals surface area contributed by atoms with Crippen LogP contribution in [-0.2, 0) is 20.8 Å². The van der Waals surface area contributed by atoms with Gasteiger partial charge in [-0.05, 0) is 36.6 Å². The van der Waals surface area contributed by atoms with Crippen LogP contribution in [0.4, 0.5) is 4.39 Å². The summed E-state index contributed by atoms with van der Waals surface area (Å²) in [6.07, 6.45) is 0.653. The SMILES string of the molecule is CCc1cc(F)cc(C2=NOC(C(=O)OC)C2CC)c1. The summed E-state index contributed by atoms with van der Waals surface area (Å²) >= 11 is 0. The molecule has 2 atom stereocenters. The van der Waals surface area contributed by atoms with Gasteiger partial charge in [0.05, 0.1) is 18.7 Å². The van der Waals surface area contributed by atoms with Crippen LogP contribution >= 0.6 is 0 Å². The van der Waals surface area contributed by atoms with Crippen LogP contribution in [0.2, 0.25) is 0 Å². The molecule has 0 amide bonds. The Balaban J connectivity index is 2.33. The first-order valence-corrected chi connectivity index (χ1v) is 6.72. The zero-order valence-corrected chi connectivity index (χ0v) is 11.9. The van der Waals surface area contributed by atoms with Crippen molar-refractivity contribution in [2.45, 2.75) is 32.8 Å². The molecular formula is C15H18FNO3. The Bertz CT molecular complexity index is 542. The second-order valence-corrected chi connectivity index (χ2v) is 4.74. The topological polar surface area (TPSA) is 47.9 Å². The van der Waals surface area contributed by atoms with Gasteiger partial charge in [0.15, 0.2) is 0 Å². The number of aryl methyl sites for hydroxylation is 1. The van der Waals surface area contributed by atoms with Gasteiger partial charge in [-0.15, -0.1) is 0 Å². The van der Waals surface area contributed by atoms with E-state index in [-0.39, 0.29) is 11.7 Å². The third-order valence-corrected chi connectivity index (χ3v) is 3.52. The molecule has 0 saturated carbocycles. The number of benzene rings is 1. The molecule has 0 bridgehead atoms. The largest absolute Gasteiger partial charge is 0.466 e. The van der Waals surface area contributed by atoms with Gasteiger partial charge in [-0.25, -0.2) is 9.18 Å². The van der Waals surface area contributed by atoms with Gasteiger partial charge in [-0.3, -0.25) is 0 Å². The van der Waals surface area contributed by atoms with E-state index in [0.717, 1.165) is 12.0 Å². The molecule has 0 radical (unpaired) electrons. The molecule has 2 unspecified atom stereocenters. The van der Waals surface area contributed by atoms with Crippen molar-refractivity contribution in [2.75, 3.05) is 7.11 Å². The average molecular weight is 279 g/mol. The molecule has 0 N–H and O–H groups in total. The molecule has 108 valence electrons. The van der Waals surface area contributed by atoms with Crippen LogP contribution in [0.3, 0.4) is 0 Å². The summed E-state index contributed by atoms with van der Waals surface area (Å²) in [4.78, 5) is 16.8. The summed E-state index contributed by atoms with van der Waals surface area (Å²) in [6.45, 7) is 3.89. The molecule has 1 aromatic rings. The van der Waals surface area contributed by atoms with Crippen LogP contribution in [-0.4, -0.2) is 24.9 Å². The van der Waals surface area contributed by atoms with Crippen molar-refractivity contribution in [3.63, 3.8) is 0 Å². The molecule has 1 aromatic carbocycles. The Morgan fingerprint density at radius 2 is 2.15 bits per heavy atom. The Morgan fingerprint density at radius 3 is 2.75 bits per heavy atom. The van der Waals surface area contributed by atoms with E-state index in [2.05, 4.69) is 5.16 Å². The van der Waals surface area contributed by atoms with Gasteiger partial charge in [0.2, 0.25) is 6.10 Å². The normalized spacial score (nSPS) is 21.3. The zero-order chi connectivity index (χ0) is 14.7. The number of carbonyl (C=O) groups is 1. The lowest BCUT2D eigenvalue weighted by Crippen LogP contribution is -2.32. The van der Waals surface area contributed by atoms with Gasteiger partial charge in [0.25, 0.3) is 0 Å². The fraction of sp³-hybridized carbons (Fsp3) is 0.467. The molecular weight excluding hydrogens is 261 g/mol. The lowest BCUT2D eigenvalue weighted by Gasteiger charge is -2.15. The lowest BCUT2D eigenvalue weighted by atomic mass is 9.89. The fourth-order valence-corrected chi connectivity index (χ4v) is 2.40. The summed E-state index contributed by atoms with van der Waals surface area (Å²) in [7, 11) is 1.31. The van der Waals surface area contributed by atoms with Crippen molar-refractivity contribution in [2.24, 2.45) is 11.1 Å². The second kappa shape index (κ2) is 6.03. The lowest BCUT2D eigenvalue weighted by molar-refractivity contribution is -0.154. The average Bonchev–Trinajstić information content (AvgIpc) is 2.89. The maximum Gasteiger partial charge on any atom is 0.350 e. The van der Waals surface area contributed by atoms with Gasteiger partial charge in [-0.1, -0.05) is 19.0 Å². The zero-order valence-electron chi connectivity index (χ0n) is 11.9. The van der Waals surface area contributed by atoms with Crippen LogP contribution in [0.15, 0.2) is 23.4 Å². The molecule has 4 nitrogen and oxygen atoms in total. The third-order valence-electron chi connectivity index (χ3n) is 3.52. The number of nitrogens with zero attached hydrogens (tertiary/aromatic N) is 1. The van der Waals surface area contributed by atoms with Crippen LogP contribution in [0.1, 0.15) is 31.4 Å². The maximum absolute atomic E-state index is 13.6. The molecule has 1 heterocycles. The first-order valence-electron chi connectivity index (χ1n) is 6.72. The summed E-state index contributed by atoms with van der Waals surface area (Å²) < 4.78 is 18.3. The van der Waals surface area contributed by atoms with Crippen molar-refractivity contribution in [1.82, 2.24) is 0 Å². The van der Waals surface area contributed by atoms with Crippen LogP contribution in [0.25, 0.3) is 0 Å². The molecule has 1 aliphatic rings. The van der Waals surface area contributed by atoms with Gasteiger partial charge in [0, 0.05) is 5.56 Å². The predicted molar refractivity (Wildman–Crippen MR) is 73.0 cm³/mol. The van der Waals surface area contributed by atoms with Crippen LogP contribution in [0, 0.1) is 11.7 Å². The minimum atomic E-state index is -0.742. The fourth-order valence-electron chi connectivity index (χ4n) is 2.40. The van der Waals surface area contributed by atoms with E-state index in [1.807, 2.05) is 19.9 Å². The highest BCUT2D eigenvalue weighted by atomic mass is 19.1. The molecule has 0 spiro atoms. The number of carbonyl (C=O) groups excluding carboxylic acids is 1. The number of esters is 1. The van der Waals surface area contributed by atoms with Crippen molar-refractivity contribution >= 4 is 11.7 Å². The number of methoxy groups -OCH3 is 1. The predicted octanol–water partition coefficient (Wildman–Crippen LogP) is 2.69. The van der Waals surface area contributed by atoms with Gasteiger partial charge < -0.3 is 9.57 Å². The second-order valence-electron chi connectivity index (χ2n) is 4.74. The Kier molecular flexibility index (Phi) is 4.37. The Labute approximate surface area is 117 Å². The van der Waals surface area contributed by atoms with Crippen molar-refractivity contribution in [1.29, 1.82) is 0 Å². The highest BCUT2D eigenvalue weighted by molar-refractivity contribution is 6.05. The Morgan fingerprint density at radius 1 is 1.40 bits per heavy atom. The maximum atomic E-state index is 13.6. The monoisotopic (exact) mass is 279 g/mol. The minimum Gasteiger partial charge on any atom is -0.466 e. The smallest absolute Gasteiger partial charge is 0.350 e. The van der Waals surface area contributed by atoms with Gasteiger partial charge >= 0.3 is 5.97 Å². The molecule has 20 heavy (non-hydrogen) atoms. The number of hydrogen-bond donors (Lipinski definition) is 0. The first-order chi connectivity index (χ1) is 9.60. The molecule has 1 aliphatic heterocycles. The number of hydrogen-bond acceptors (Lipinski definition) is 4. The van der Waals surface area contributed by atoms with E-state index < -0.39 is 12.1 Å². The number of ether oxygens (including phenoxy) is 1. The first kappa shape index (κ1) is 14.5. The standard InChI is InChI=1S/C15H18FNO3/c1-4-9-6-10(8-11(16)7-9)13-12(5-2)14(20-17-13)15(18)19-3/h6-8,12,14H,4-5H2,1-3H3. The number of oxime groups is 1. The molecule has 0 aromatic heterocycles. The van der Waals surface area contributed by atoms with E-state index in [0.29, 0.717) is 17.7 Å². The van der Waals surface area contributed by atoms with E-state index in [1.54, 1.807) is 0 Å². The summed E-state index contributed by atoms with van der Waals surface area (Å²) in [5.74, 6) is -0.977. The molecule has 0 saturated heterocycles. The minimum absolute atomic E-state index is 0.214. The van der Waals surface area contributed by atoms with Crippen LogP contribution in [0.5, 0.6) is 0 Å². The molecule has 5 heteroatoms. The summed E-state index contributed by atoms with van der Waals surface area (Å²) in [6, 6.07) is 4.80. The number of rotatable bonds is 4. The van der Waals surface area contributed by atoms with E-state index in [4.69, 9.17) is 9.57 Å². The van der Waals surface area contributed by atoms with Gasteiger partial charge in [0.1, 0.15) is 5.82 Å². The third kappa shape index (κ3) is 2.66. The van der Waals surface area contributed by atoms with Crippen molar-refractivity contribution in [3.05, 3.63) is 35.1 Å². The van der Waals surface area contributed by atoms with Crippen LogP contribution < -0.4 is 0 Å². The van der Waals surface area contributed by atoms with E-state index in [1.165, 1.54) is 19.2 Å². The van der Waals surface area contributed by atoms with Crippen molar-refractivity contribution in [3.8, 4) is 0 Å². The molecule has 2 rings (SSSR count). The molecule has 0 aliphatic carbocycles. The quantitative estimate of drug-likeness (QED) is 0.796. The Hall–Kier alpha value is -1.91. The molecule has 0 fully saturated rings. The summed E-state index contributed by atoms with van der Waals surface area (Å²) in [5, 5.41) is 3.97. The number of halogens is 1. The van der Waals surface area contributed by atoms with Gasteiger partial charge in [-0.2, -0.15) is 0 Å². The highest BCUT2D eigenvalue weighted by Gasteiger charge is 2.39. The van der Waals surface area contributed by atoms with Crippen molar-refractivity contribution < 1.29 is 18.8 Å². The van der Waals surface area contributed by atoms with E-state index in [9.17, 15) is 9.18 Å². The summed E-state index contributed by atoms with van der Waals surface area (Å²) in [5.41, 5.74) is 2.16.